The first-order chi connectivity index (χ1) is 18.3. The minimum absolute atomic E-state index is 0. The molecule has 1 aromatic carbocycles. The molecule has 0 bridgehead atoms. The van der Waals surface area contributed by atoms with Gasteiger partial charge in [-0.3, -0.25) is 15.3 Å². The predicted octanol–water partition coefficient (Wildman–Crippen LogP) is 1.31. The number of H-pyrrole nitrogens is 3. The van der Waals surface area contributed by atoms with E-state index < -0.39 is 11.0 Å². The molecule has 0 aliphatic rings. The van der Waals surface area contributed by atoms with Crippen LogP contribution in [0.25, 0.3) is 0 Å². The molecular formula is C22H24BCl4N9O3Zn. The summed E-state index contributed by atoms with van der Waals surface area (Å²) in [4.78, 5) is 0. The van der Waals surface area contributed by atoms with Gasteiger partial charge in [0.2, 0.25) is 0 Å². The third kappa shape index (κ3) is 10.6. The van der Waals surface area contributed by atoms with Gasteiger partial charge in [0, 0.05) is 18.6 Å². The van der Waals surface area contributed by atoms with Crippen molar-refractivity contribution in [2.75, 3.05) is 0 Å². The molecule has 0 amide bonds. The number of aromatic nitrogens is 6. The molecule has 3 heterocycles. The van der Waals surface area contributed by atoms with E-state index in [0.29, 0.717) is 39.7 Å². The Hall–Kier alpha value is -2.89. The number of aromatic amines is 3. The van der Waals surface area contributed by atoms with E-state index in [9.17, 15) is 0 Å². The molecule has 0 aliphatic heterocycles. The summed E-state index contributed by atoms with van der Waals surface area (Å²) in [5, 5.41) is 33.3. The van der Waals surface area contributed by atoms with Gasteiger partial charge in [0.25, 0.3) is 0 Å². The molecule has 0 aliphatic carbocycles. The summed E-state index contributed by atoms with van der Waals surface area (Å²) >= 11 is 14.4. The van der Waals surface area contributed by atoms with Gasteiger partial charge in [-0.25, -0.2) is 0 Å². The number of hydrogen-bond acceptors (Lipinski definition) is 9. The van der Waals surface area contributed by atoms with Crippen molar-refractivity contribution in [3.63, 3.8) is 0 Å². The molecule has 40 heavy (non-hydrogen) atoms. The zero-order chi connectivity index (χ0) is 27.4. The second-order valence-electron chi connectivity index (χ2n) is 7.53. The Morgan fingerprint density at radius 3 is 1.27 bits per heavy atom. The molecular weight excluding hydrogens is 656 g/mol. The first-order valence-corrected chi connectivity index (χ1v) is 12.4. The van der Waals surface area contributed by atoms with Crippen molar-refractivity contribution in [2.24, 2.45) is 15.5 Å². The maximum absolute atomic E-state index is 5.92. The molecule has 3 N–H and O–H groups in total. The second-order valence-corrected chi connectivity index (χ2v) is 9.50. The molecule has 0 saturated heterocycles. The van der Waals surface area contributed by atoms with E-state index in [-0.39, 0.29) is 31.9 Å². The molecule has 0 fully saturated rings. The summed E-state index contributed by atoms with van der Waals surface area (Å²) in [6.07, 6.45) is 5.06. The number of alkyl halides is 3. The minimum Gasteiger partial charge on any atom is -1.00 e. The quantitative estimate of drug-likeness (QED) is 0.0996. The van der Waals surface area contributed by atoms with E-state index in [2.05, 4.69) is 46.1 Å². The fourth-order valence-corrected chi connectivity index (χ4v) is 2.90. The Morgan fingerprint density at radius 1 is 0.675 bits per heavy atom. The summed E-state index contributed by atoms with van der Waals surface area (Å²) in [6.45, 7) is 2.42. The summed E-state index contributed by atoms with van der Waals surface area (Å²) in [6, 6.07) is 14.3. The second kappa shape index (κ2) is 17.7. The molecule has 3 aromatic heterocycles. The predicted molar refractivity (Wildman–Crippen MR) is 149 cm³/mol. The SMILES string of the molecule is C/C(=N\O[B-](O/N=C(\C)c1cc[nH]n1)(O/N=C(\C)c1cc[nH]n1)c1ccccc1)c1cc[nH]n1.ClC(Cl)Cl.[Cl-].[Zn+2]. The maximum Gasteiger partial charge on any atom is 2.00 e. The Bertz CT molecular complexity index is 1200. The van der Waals surface area contributed by atoms with Gasteiger partial charge >= 0.3 is 26.2 Å². The topological polar surface area (TPSA) is 151 Å². The van der Waals surface area contributed by atoms with Gasteiger partial charge in [0.1, 0.15) is 17.1 Å². The van der Waals surface area contributed by atoms with Gasteiger partial charge in [-0.15, -0.1) is 15.5 Å². The molecule has 4 rings (SSSR count). The van der Waals surface area contributed by atoms with Crippen molar-refractivity contribution in [3.8, 4) is 0 Å². The normalized spacial score (nSPS) is 12.0. The number of hydrogen-bond donors (Lipinski definition) is 3. The Labute approximate surface area is 264 Å². The summed E-state index contributed by atoms with van der Waals surface area (Å²) in [5.41, 5.74) is 3.82. The fourth-order valence-electron chi connectivity index (χ4n) is 2.90. The van der Waals surface area contributed by atoms with Gasteiger partial charge < -0.3 is 26.7 Å². The van der Waals surface area contributed by atoms with E-state index in [4.69, 9.17) is 49.1 Å². The fraction of sp³-hybridized carbons (Fsp3) is 0.182. The molecule has 4 aromatic rings. The number of nitrogens with one attached hydrogen (secondary N) is 3. The molecule has 0 saturated carbocycles. The molecule has 12 nitrogen and oxygen atoms in total. The van der Waals surface area contributed by atoms with Crippen LogP contribution in [0, 0.1) is 0 Å². The van der Waals surface area contributed by atoms with Crippen molar-refractivity contribution in [1.29, 1.82) is 0 Å². The van der Waals surface area contributed by atoms with Crippen molar-refractivity contribution in [2.45, 2.75) is 25.1 Å². The molecule has 0 radical (unpaired) electrons. The molecule has 0 unspecified atom stereocenters. The molecule has 18 heteroatoms. The van der Waals surface area contributed by atoms with Gasteiger partial charge in [-0.05, 0) is 39.0 Å². The largest absolute Gasteiger partial charge is 2.00 e. The van der Waals surface area contributed by atoms with E-state index in [0.717, 1.165) is 0 Å². The van der Waals surface area contributed by atoms with Crippen molar-refractivity contribution >= 4 is 64.2 Å². The molecule has 208 valence electrons. The van der Waals surface area contributed by atoms with E-state index in [1.807, 2.05) is 18.2 Å². The van der Waals surface area contributed by atoms with E-state index in [1.165, 1.54) is 0 Å². The minimum atomic E-state index is -2.82. The van der Waals surface area contributed by atoms with Crippen molar-refractivity contribution in [1.82, 2.24) is 30.6 Å². The number of halogens is 4. The van der Waals surface area contributed by atoms with Crippen molar-refractivity contribution in [3.05, 3.63) is 84.2 Å². The van der Waals surface area contributed by atoms with Gasteiger partial charge in [-0.1, -0.05) is 70.6 Å². The van der Waals surface area contributed by atoms with Gasteiger partial charge in [0.15, 0.2) is 4.30 Å². The third-order valence-corrected chi connectivity index (χ3v) is 4.81. The average molecular weight is 681 g/mol. The van der Waals surface area contributed by atoms with Crippen LogP contribution in [0.5, 0.6) is 0 Å². The first-order valence-electron chi connectivity index (χ1n) is 11.1. The van der Waals surface area contributed by atoms with Crippen LogP contribution in [0.1, 0.15) is 37.9 Å². The Balaban J connectivity index is 0.00000125. The number of oxime groups is 3. The maximum atomic E-state index is 5.92. The van der Waals surface area contributed by atoms with E-state index >= 15 is 0 Å². The summed E-state index contributed by atoms with van der Waals surface area (Å²) < 4.78 is 17.0. The van der Waals surface area contributed by atoms with E-state index in [1.54, 1.807) is 69.7 Å². The summed E-state index contributed by atoms with van der Waals surface area (Å²) in [7, 11) is 0. The number of benzene rings is 1. The third-order valence-electron chi connectivity index (χ3n) is 4.81. The Kier molecular flexibility index (Phi) is 15.6. The van der Waals surface area contributed by atoms with Gasteiger partial charge in [-0.2, -0.15) is 15.3 Å². The van der Waals surface area contributed by atoms with Crippen molar-refractivity contribution < 1.29 is 46.2 Å². The smallest absolute Gasteiger partial charge is 1.00 e. The molecule has 0 spiro atoms. The van der Waals surface area contributed by atoms with Crippen LogP contribution in [0.2, 0.25) is 0 Å². The van der Waals surface area contributed by atoms with Crippen LogP contribution in [0.4, 0.5) is 0 Å². The molecule has 0 atom stereocenters. The average Bonchev–Trinajstić information content (AvgIpc) is 3.72. The monoisotopic (exact) mass is 677 g/mol. The van der Waals surface area contributed by atoms with Crippen LogP contribution < -0.4 is 17.9 Å². The first kappa shape index (κ1) is 35.1. The zero-order valence-electron chi connectivity index (χ0n) is 21.6. The number of rotatable bonds is 10. The van der Waals surface area contributed by atoms with Crippen LogP contribution >= 0.6 is 34.8 Å². The standard InChI is InChI=1S/C21H23BN9O3.CHCl3.ClH.Zn/c1-15(19-9-12-23-26-19)29-32-22(18-7-5-4-6-8-18,33-30-16(2)20-10-13-24-27-20)34-31-17(3)21-11-14-25-28-21;2-1(3)4;;/h4-14H,1-3H3,(H,23,26)(H,24,27)(H,25,28);1H;1H;/q-1;;;+2/p-1/b29-15+,30-16+,31-17+;;;. The van der Waals surface area contributed by atoms with Crippen LogP contribution in [-0.2, 0) is 33.7 Å². The van der Waals surface area contributed by atoms with Crippen LogP contribution in [-0.4, -0.2) is 58.8 Å². The van der Waals surface area contributed by atoms with Crippen LogP contribution in [0.15, 0.2) is 82.6 Å². The zero-order valence-corrected chi connectivity index (χ0v) is 27.6. The summed E-state index contributed by atoms with van der Waals surface area (Å²) in [5.74, 6) is 0. The number of nitrogens with zero attached hydrogens (tertiary/aromatic N) is 6. The van der Waals surface area contributed by atoms with Crippen LogP contribution in [0.3, 0.4) is 0 Å². The Morgan fingerprint density at radius 2 is 1.00 bits per heavy atom. The van der Waals surface area contributed by atoms with Gasteiger partial charge in [0.05, 0.1) is 17.1 Å².